The lowest BCUT2D eigenvalue weighted by Crippen LogP contribution is -2.45. The Hall–Kier alpha value is -4.62. The predicted molar refractivity (Wildman–Crippen MR) is 164 cm³/mol. The predicted octanol–water partition coefficient (Wildman–Crippen LogP) is 4.69. The molecule has 0 aromatic heterocycles. The number of urea groups is 1. The van der Waals surface area contributed by atoms with E-state index in [2.05, 4.69) is 37.1 Å². The maximum atomic E-state index is 13.1. The Morgan fingerprint density at radius 3 is 2.55 bits per heavy atom. The number of aliphatic hydroxyl groups is 1. The van der Waals surface area contributed by atoms with E-state index in [-0.39, 0.29) is 24.6 Å². The summed E-state index contributed by atoms with van der Waals surface area (Å²) in [6.45, 7) is 3.88. The van der Waals surface area contributed by atoms with Crippen LogP contribution in [0.3, 0.4) is 0 Å². The molecule has 1 aliphatic rings. The second-order valence-electron chi connectivity index (χ2n) is 9.52. The summed E-state index contributed by atoms with van der Waals surface area (Å²) in [7, 11) is 1.27. The van der Waals surface area contributed by atoms with Crippen molar-refractivity contribution in [3.63, 3.8) is 0 Å². The normalized spacial score (nSPS) is 15.3. The Bertz CT molecular complexity index is 1550. The average molecular weight is 672 g/mol. The number of aliphatic hydroxyl groups excluding tert-OH is 1. The minimum atomic E-state index is -1.15. The molecule has 0 saturated carbocycles. The summed E-state index contributed by atoms with van der Waals surface area (Å²) < 4.78 is 36.0. The first-order valence-corrected chi connectivity index (χ1v) is 14.4. The zero-order valence-corrected chi connectivity index (χ0v) is 25.8. The number of hydrogen-bond donors (Lipinski definition) is 4. The van der Waals surface area contributed by atoms with Gasteiger partial charge in [-0.05, 0) is 88.9 Å². The quantitative estimate of drug-likeness (QED) is 0.0889. The number of halogens is 2. The zero-order valence-electron chi connectivity index (χ0n) is 24.2. The molecule has 4 rings (SSSR count). The largest absolute Gasteiger partial charge is 0.490 e. The van der Waals surface area contributed by atoms with Crippen LogP contribution in [0.15, 0.2) is 81.5 Å². The molecule has 3 aromatic carbocycles. The molecule has 0 aliphatic carbocycles. The third kappa shape index (κ3) is 8.48. The van der Waals surface area contributed by atoms with Crippen LogP contribution in [0.2, 0.25) is 0 Å². The molecule has 0 unspecified atom stereocenters. The number of carbonyl (C=O) groups excluding carboxylic acids is 2. The van der Waals surface area contributed by atoms with E-state index in [1.807, 2.05) is 0 Å². The number of benzene rings is 3. The van der Waals surface area contributed by atoms with Gasteiger partial charge < -0.3 is 34.7 Å². The van der Waals surface area contributed by atoms with E-state index in [1.165, 1.54) is 25.5 Å². The van der Waals surface area contributed by atoms with Gasteiger partial charge in [0.15, 0.2) is 17.7 Å². The number of methoxy groups -OCH3 is 1. The van der Waals surface area contributed by atoms with Crippen molar-refractivity contribution in [3.05, 3.63) is 98.9 Å². The zero-order chi connectivity index (χ0) is 31.6. The number of amides is 2. The van der Waals surface area contributed by atoms with Crippen LogP contribution in [0.5, 0.6) is 17.2 Å². The fraction of sp³-hybridized carbons (Fsp3) is 0.258. The summed E-state index contributed by atoms with van der Waals surface area (Å²) in [6.07, 6.45) is 0.377. The second-order valence-corrected chi connectivity index (χ2v) is 10.4. The highest BCUT2D eigenvalue weighted by molar-refractivity contribution is 9.10. The molecule has 11 nitrogen and oxygen atoms in total. The number of rotatable bonds is 13. The molecule has 2 amide bonds. The van der Waals surface area contributed by atoms with Gasteiger partial charge in [-0.2, -0.15) is 5.10 Å². The minimum absolute atomic E-state index is 0.160. The van der Waals surface area contributed by atoms with Crippen LogP contribution in [0.25, 0.3) is 0 Å². The monoisotopic (exact) mass is 670 g/mol. The Morgan fingerprint density at radius 1 is 1.09 bits per heavy atom. The summed E-state index contributed by atoms with van der Waals surface area (Å²) in [5.74, 6) is 0.441. The molecule has 0 spiro atoms. The van der Waals surface area contributed by atoms with Crippen LogP contribution < -0.4 is 30.3 Å². The Morgan fingerprint density at radius 2 is 1.84 bits per heavy atom. The van der Waals surface area contributed by atoms with Gasteiger partial charge in [-0.15, -0.1) is 0 Å². The fourth-order valence-electron chi connectivity index (χ4n) is 4.28. The average Bonchev–Trinajstić information content (AvgIpc) is 3.00. The van der Waals surface area contributed by atoms with Gasteiger partial charge in [0, 0.05) is 5.70 Å². The lowest BCUT2D eigenvalue weighted by molar-refractivity contribution is -0.136. The molecule has 3 aromatic rings. The molecule has 1 aliphatic heterocycles. The van der Waals surface area contributed by atoms with Crippen molar-refractivity contribution < 1.29 is 38.0 Å². The number of hydrogen-bond acceptors (Lipinski definition) is 9. The topological polar surface area (TPSA) is 140 Å². The number of allylic oxidation sites excluding steroid dienone is 1. The van der Waals surface area contributed by atoms with Crippen LogP contribution >= 0.6 is 15.9 Å². The highest BCUT2D eigenvalue weighted by atomic mass is 79.9. The number of hydrazone groups is 1. The lowest BCUT2D eigenvalue weighted by atomic mass is 9.95. The van der Waals surface area contributed by atoms with Gasteiger partial charge in [0.25, 0.3) is 0 Å². The van der Waals surface area contributed by atoms with Crippen molar-refractivity contribution in [1.29, 1.82) is 0 Å². The second kappa shape index (κ2) is 15.2. The lowest BCUT2D eigenvalue weighted by Gasteiger charge is -2.28. The Kier molecular flexibility index (Phi) is 11.2. The Labute approximate surface area is 262 Å². The van der Waals surface area contributed by atoms with Gasteiger partial charge >= 0.3 is 12.0 Å². The minimum Gasteiger partial charge on any atom is -0.490 e. The van der Waals surface area contributed by atoms with Gasteiger partial charge in [-0.25, -0.2) is 14.0 Å². The molecule has 44 heavy (non-hydrogen) atoms. The van der Waals surface area contributed by atoms with Crippen molar-refractivity contribution >= 4 is 34.1 Å². The molecule has 232 valence electrons. The maximum Gasteiger partial charge on any atom is 0.337 e. The smallest absolute Gasteiger partial charge is 0.337 e. The van der Waals surface area contributed by atoms with Gasteiger partial charge in [0.2, 0.25) is 0 Å². The van der Waals surface area contributed by atoms with Crippen LogP contribution in [-0.4, -0.2) is 49.9 Å². The highest BCUT2D eigenvalue weighted by Crippen LogP contribution is 2.35. The molecule has 0 radical (unpaired) electrons. The van der Waals surface area contributed by atoms with Crippen molar-refractivity contribution in [2.24, 2.45) is 5.10 Å². The molecular weight excluding hydrogens is 639 g/mol. The molecule has 1 heterocycles. The summed E-state index contributed by atoms with van der Waals surface area (Å²) in [5, 5.41) is 19.8. The van der Waals surface area contributed by atoms with Gasteiger partial charge in [-0.1, -0.05) is 18.2 Å². The number of ether oxygens (including phenoxy) is 4. The first-order valence-electron chi connectivity index (χ1n) is 13.6. The van der Waals surface area contributed by atoms with E-state index in [0.29, 0.717) is 39.6 Å². The number of nitrogens with one attached hydrogen (secondary N) is 3. The summed E-state index contributed by atoms with van der Waals surface area (Å²) in [6, 6.07) is 15.2. The molecule has 0 bridgehead atoms. The molecular formula is C31H32BrFN4O7. The fourth-order valence-corrected chi connectivity index (χ4v) is 4.79. The maximum absolute atomic E-state index is 13.1. The first-order chi connectivity index (χ1) is 21.2. The van der Waals surface area contributed by atoms with Crippen molar-refractivity contribution in [2.45, 2.75) is 32.7 Å². The molecule has 0 fully saturated rings. The van der Waals surface area contributed by atoms with E-state index in [4.69, 9.17) is 18.9 Å². The summed E-state index contributed by atoms with van der Waals surface area (Å²) >= 11 is 3.48. The Balaban J connectivity index is 1.34. The van der Waals surface area contributed by atoms with Gasteiger partial charge in [0.05, 0.1) is 36.0 Å². The standard InChI is InChI=1S/C31H32BrFN4O7/c1-4-42-26-14-21(29-28(30(39)41-3)18(2)35-31(40)36-29)8-12-25(26)44-17-27(38)37-34-15-20-7-11-24(23(32)13-20)43-16-19-5-9-22(33)10-6-19/h5-15,27,29,37-38H,4,16-17H2,1-3H3,(H2,35,36,40)/b34-15-/t27-,29-/m1/s1. The highest BCUT2D eigenvalue weighted by Gasteiger charge is 2.32. The first kappa shape index (κ1) is 32.3. The van der Waals surface area contributed by atoms with E-state index < -0.39 is 24.3 Å². The van der Waals surface area contributed by atoms with Crippen molar-refractivity contribution in [2.75, 3.05) is 20.3 Å². The molecule has 4 N–H and O–H groups in total. The van der Waals surface area contributed by atoms with E-state index >= 15 is 0 Å². The summed E-state index contributed by atoms with van der Waals surface area (Å²) in [4.78, 5) is 24.6. The number of carbonyl (C=O) groups is 2. The molecule has 0 saturated heterocycles. The van der Waals surface area contributed by atoms with Crippen LogP contribution in [0.4, 0.5) is 9.18 Å². The molecule has 13 heteroatoms. The number of esters is 1. The van der Waals surface area contributed by atoms with Crippen LogP contribution in [-0.2, 0) is 16.1 Å². The van der Waals surface area contributed by atoms with Crippen LogP contribution in [0, 0.1) is 5.82 Å². The summed E-state index contributed by atoms with van der Waals surface area (Å²) in [5.41, 5.74) is 5.41. The number of nitrogens with zero attached hydrogens (tertiary/aromatic N) is 1. The van der Waals surface area contributed by atoms with Crippen LogP contribution in [0.1, 0.15) is 36.6 Å². The van der Waals surface area contributed by atoms with E-state index in [1.54, 1.807) is 62.4 Å². The SMILES string of the molecule is CCOc1cc([C@H]2NC(=O)NC(C)=C2C(=O)OC)ccc1OC[C@@H](O)N/N=C\c1ccc(OCc2ccc(F)cc2)c(Br)c1. The van der Waals surface area contributed by atoms with E-state index in [9.17, 15) is 19.1 Å². The van der Waals surface area contributed by atoms with Crippen molar-refractivity contribution in [3.8, 4) is 17.2 Å². The molecule has 2 atom stereocenters. The van der Waals surface area contributed by atoms with Gasteiger partial charge in [0.1, 0.15) is 24.8 Å². The van der Waals surface area contributed by atoms with Crippen molar-refractivity contribution in [1.82, 2.24) is 16.1 Å². The van der Waals surface area contributed by atoms with Gasteiger partial charge in [-0.3, -0.25) is 5.43 Å². The third-order valence-corrected chi connectivity index (χ3v) is 6.99. The van der Waals surface area contributed by atoms with E-state index in [0.717, 1.165) is 11.1 Å². The third-order valence-electron chi connectivity index (χ3n) is 6.37.